The van der Waals surface area contributed by atoms with E-state index in [1.165, 1.54) is 7.11 Å². The number of methoxy groups -OCH3 is 1. The van der Waals surface area contributed by atoms with Crippen LogP contribution in [0.25, 0.3) is 0 Å². The van der Waals surface area contributed by atoms with Gasteiger partial charge in [-0.3, -0.25) is 20.4 Å². The van der Waals surface area contributed by atoms with Crippen LogP contribution in [0.2, 0.25) is 0 Å². The van der Waals surface area contributed by atoms with Crippen LogP contribution in [0, 0.1) is 5.41 Å². The molecule has 0 spiro atoms. The van der Waals surface area contributed by atoms with Crippen LogP contribution < -0.4 is 5.32 Å². The average Bonchev–Trinajstić information content (AvgIpc) is 3.16. The number of ether oxygens (including phenoxy) is 3. The fourth-order valence-electron chi connectivity index (χ4n) is 4.65. The number of nitrogens with one attached hydrogen (secondary N) is 2. The summed E-state index contributed by atoms with van der Waals surface area (Å²) in [7, 11) is 1.41. The van der Waals surface area contributed by atoms with E-state index in [9.17, 15) is 14.4 Å². The number of amides is 2. The highest BCUT2D eigenvalue weighted by Crippen LogP contribution is 2.23. The molecular weight excluding hydrogens is 456 g/mol. The summed E-state index contributed by atoms with van der Waals surface area (Å²) < 4.78 is 15.6. The molecule has 0 saturated carbocycles. The third kappa shape index (κ3) is 8.24. The lowest BCUT2D eigenvalue weighted by Gasteiger charge is -2.37. The summed E-state index contributed by atoms with van der Waals surface area (Å²) in [4.78, 5) is 44.0. The quantitative estimate of drug-likeness (QED) is 0.239. The number of carbonyl (C=O) groups excluding carboxylic acids is 3. The Kier molecular flexibility index (Phi) is 9.17. The molecule has 0 bridgehead atoms. The molecule has 3 heterocycles. The molecule has 3 fully saturated rings. The fraction of sp³-hybridized carbons (Fsp3) is 0.826. The highest BCUT2D eigenvalue weighted by Gasteiger charge is 2.38. The van der Waals surface area contributed by atoms with Crippen LogP contribution in [0.15, 0.2) is 0 Å². The van der Waals surface area contributed by atoms with Crippen LogP contribution in [-0.4, -0.2) is 127 Å². The lowest BCUT2D eigenvalue weighted by molar-refractivity contribution is -0.141. The van der Waals surface area contributed by atoms with E-state index in [4.69, 9.17) is 19.6 Å². The standard InChI is InChI=1S/C23H40N6O6/c1-23(2,3)35-21(31)25-20(24)28-9-5-17(6-10-28)29-16-18(34-22(29)32)15-27-13-11-26(12-14-27)8-7-19(30)33-4/h17-18H,5-16H2,1-4H3,(H2,24,25,31). The van der Waals surface area contributed by atoms with Crippen LogP contribution in [0.1, 0.15) is 40.0 Å². The monoisotopic (exact) mass is 496 g/mol. The molecular formula is C23H40N6O6. The van der Waals surface area contributed by atoms with Crippen LogP contribution in [0.5, 0.6) is 0 Å². The number of hydrogen-bond donors (Lipinski definition) is 2. The van der Waals surface area contributed by atoms with Crippen molar-refractivity contribution in [2.45, 2.75) is 57.8 Å². The number of carbonyl (C=O) groups is 3. The minimum atomic E-state index is -0.639. The Morgan fingerprint density at radius 1 is 1.09 bits per heavy atom. The number of rotatable bonds is 6. The molecule has 0 aromatic rings. The second-order valence-electron chi connectivity index (χ2n) is 10.3. The number of likely N-dealkylation sites (tertiary alicyclic amines) is 1. The van der Waals surface area contributed by atoms with Gasteiger partial charge in [0.25, 0.3) is 0 Å². The average molecular weight is 497 g/mol. The second-order valence-corrected chi connectivity index (χ2v) is 10.3. The number of cyclic esters (lactones) is 1. The lowest BCUT2D eigenvalue weighted by Crippen LogP contribution is -2.52. The van der Waals surface area contributed by atoms with Crippen molar-refractivity contribution < 1.29 is 28.6 Å². The van der Waals surface area contributed by atoms with Crippen molar-refractivity contribution in [3.8, 4) is 0 Å². The predicted octanol–water partition coefficient (Wildman–Crippen LogP) is 0.912. The summed E-state index contributed by atoms with van der Waals surface area (Å²) >= 11 is 0. The Morgan fingerprint density at radius 3 is 2.31 bits per heavy atom. The number of alkyl carbamates (subject to hydrolysis) is 1. The van der Waals surface area contributed by atoms with Gasteiger partial charge < -0.3 is 28.9 Å². The lowest BCUT2D eigenvalue weighted by atomic mass is 10.0. The minimum Gasteiger partial charge on any atom is -0.469 e. The van der Waals surface area contributed by atoms with Gasteiger partial charge in [0.05, 0.1) is 20.1 Å². The zero-order chi connectivity index (χ0) is 25.6. The molecule has 1 unspecified atom stereocenters. The van der Waals surface area contributed by atoms with Gasteiger partial charge in [-0.2, -0.15) is 0 Å². The summed E-state index contributed by atoms with van der Waals surface area (Å²) in [6.45, 7) is 12.0. The molecule has 0 aliphatic carbocycles. The van der Waals surface area contributed by atoms with E-state index in [0.29, 0.717) is 52.0 Å². The van der Waals surface area contributed by atoms with Crippen molar-refractivity contribution in [3.63, 3.8) is 0 Å². The third-order valence-corrected chi connectivity index (χ3v) is 6.53. The van der Waals surface area contributed by atoms with Gasteiger partial charge in [0.15, 0.2) is 0 Å². The van der Waals surface area contributed by atoms with Gasteiger partial charge in [-0.15, -0.1) is 0 Å². The first-order valence-electron chi connectivity index (χ1n) is 12.4. The van der Waals surface area contributed by atoms with Gasteiger partial charge in [0.1, 0.15) is 11.7 Å². The summed E-state index contributed by atoms with van der Waals surface area (Å²) in [5.41, 5.74) is -0.623. The van der Waals surface area contributed by atoms with Crippen LogP contribution in [-0.2, 0) is 19.0 Å². The number of esters is 1. The Labute approximate surface area is 207 Å². The van der Waals surface area contributed by atoms with Crippen molar-refractivity contribution in [1.29, 1.82) is 5.41 Å². The molecule has 3 rings (SSSR count). The summed E-state index contributed by atoms with van der Waals surface area (Å²) in [6, 6.07) is 0.0632. The zero-order valence-electron chi connectivity index (χ0n) is 21.4. The molecule has 12 nitrogen and oxygen atoms in total. The number of guanidine groups is 1. The molecule has 2 amide bonds. The van der Waals surface area contributed by atoms with Gasteiger partial charge in [-0.05, 0) is 33.6 Å². The molecule has 2 N–H and O–H groups in total. The smallest absolute Gasteiger partial charge is 0.414 e. The highest BCUT2D eigenvalue weighted by molar-refractivity contribution is 5.92. The molecule has 0 radical (unpaired) electrons. The topological polar surface area (TPSA) is 128 Å². The normalized spacial score (nSPS) is 22.6. The first-order valence-corrected chi connectivity index (χ1v) is 12.4. The molecule has 0 aromatic heterocycles. The van der Waals surface area contributed by atoms with Crippen molar-refractivity contribution in [2.75, 3.05) is 66.0 Å². The van der Waals surface area contributed by atoms with Gasteiger partial charge in [-0.25, -0.2) is 9.59 Å². The molecule has 35 heavy (non-hydrogen) atoms. The van der Waals surface area contributed by atoms with E-state index in [1.54, 1.807) is 25.7 Å². The number of hydrogen-bond acceptors (Lipinski definition) is 9. The maximum absolute atomic E-state index is 12.6. The molecule has 198 valence electrons. The van der Waals surface area contributed by atoms with E-state index >= 15 is 0 Å². The number of nitrogens with zero attached hydrogens (tertiary/aromatic N) is 4. The first kappa shape index (κ1) is 27.0. The third-order valence-electron chi connectivity index (χ3n) is 6.53. The Bertz CT molecular complexity index is 771. The van der Waals surface area contributed by atoms with Crippen molar-refractivity contribution >= 4 is 24.1 Å². The van der Waals surface area contributed by atoms with E-state index in [0.717, 1.165) is 26.2 Å². The van der Waals surface area contributed by atoms with Crippen LogP contribution in [0.3, 0.4) is 0 Å². The fourth-order valence-corrected chi connectivity index (χ4v) is 4.65. The second kappa shape index (κ2) is 11.9. The summed E-state index contributed by atoms with van der Waals surface area (Å²) in [5.74, 6) is -0.169. The van der Waals surface area contributed by atoms with Crippen molar-refractivity contribution in [3.05, 3.63) is 0 Å². The molecule has 3 aliphatic heterocycles. The maximum atomic E-state index is 12.6. The van der Waals surface area contributed by atoms with Gasteiger partial charge in [0, 0.05) is 58.4 Å². The minimum absolute atomic E-state index is 0.0188. The Balaban J connectivity index is 1.37. The Morgan fingerprint density at radius 2 is 1.71 bits per heavy atom. The zero-order valence-corrected chi connectivity index (χ0v) is 21.4. The molecule has 3 saturated heterocycles. The summed E-state index contributed by atoms with van der Waals surface area (Å²) in [5, 5.41) is 10.6. The predicted molar refractivity (Wildman–Crippen MR) is 128 cm³/mol. The maximum Gasteiger partial charge on any atom is 0.414 e. The molecule has 0 aromatic carbocycles. The van der Waals surface area contributed by atoms with Crippen molar-refractivity contribution in [1.82, 2.24) is 24.9 Å². The SMILES string of the molecule is COC(=O)CCN1CCN(CC2CN(C3CCN(C(=N)NC(=O)OC(C)(C)C)CC3)C(=O)O2)CC1. The van der Waals surface area contributed by atoms with Gasteiger partial charge >= 0.3 is 18.2 Å². The van der Waals surface area contributed by atoms with E-state index in [1.807, 2.05) is 4.90 Å². The molecule has 1 atom stereocenters. The van der Waals surface area contributed by atoms with Gasteiger partial charge in [0.2, 0.25) is 5.96 Å². The van der Waals surface area contributed by atoms with E-state index in [-0.39, 0.29) is 30.2 Å². The summed E-state index contributed by atoms with van der Waals surface area (Å²) in [6.07, 6.45) is 0.750. The van der Waals surface area contributed by atoms with Crippen LogP contribution in [0.4, 0.5) is 9.59 Å². The largest absolute Gasteiger partial charge is 0.469 e. The van der Waals surface area contributed by atoms with Crippen molar-refractivity contribution in [2.24, 2.45) is 0 Å². The van der Waals surface area contributed by atoms with E-state index < -0.39 is 11.7 Å². The number of piperidine rings is 1. The first-order chi connectivity index (χ1) is 16.5. The van der Waals surface area contributed by atoms with E-state index in [2.05, 4.69) is 15.1 Å². The molecule has 3 aliphatic rings. The van der Waals surface area contributed by atoms with Gasteiger partial charge in [-0.1, -0.05) is 0 Å². The Hall–Kier alpha value is -2.60. The number of piperazine rings is 1. The van der Waals surface area contributed by atoms with Crippen LogP contribution >= 0.6 is 0 Å². The highest BCUT2D eigenvalue weighted by atomic mass is 16.6. The molecule has 12 heteroatoms.